The van der Waals surface area contributed by atoms with E-state index in [9.17, 15) is 32.2 Å². The van der Waals surface area contributed by atoms with Crippen molar-refractivity contribution in [1.29, 1.82) is 0 Å². The van der Waals surface area contributed by atoms with Gasteiger partial charge in [-0.15, -0.1) is 0 Å². The molecule has 0 aliphatic rings. The number of hydrogen-bond acceptors (Lipinski definition) is 8. The number of rotatable bonds is 4. The third-order valence-corrected chi connectivity index (χ3v) is 4.79. The van der Waals surface area contributed by atoms with Crippen LogP contribution in [0.1, 0.15) is 0 Å². The van der Waals surface area contributed by atoms with E-state index in [0.717, 1.165) is 30.3 Å². The van der Waals surface area contributed by atoms with E-state index in [2.05, 4.69) is 4.18 Å². The molecule has 9 nitrogen and oxygen atoms in total. The van der Waals surface area contributed by atoms with Crippen LogP contribution in [0.5, 0.6) is 23.0 Å². The van der Waals surface area contributed by atoms with E-state index >= 15 is 0 Å². The van der Waals surface area contributed by atoms with Gasteiger partial charge < -0.3 is 19.5 Å². The first kappa shape index (κ1) is 16.9. The lowest BCUT2D eigenvalue weighted by atomic mass is 10.3. The van der Waals surface area contributed by atoms with Crippen molar-refractivity contribution < 1.29 is 40.9 Å². The zero-order valence-corrected chi connectivity index (χ0v) is 12.7. The maximum absolute atomic E-state index is 12.0. The van der Waals surface area contributed by atoms with Crippen LogP contribution in [0.25, 0.3) is 0 Å². The summed E-state index contributed by atoms with van der Waals surface area (Å²) in [7, 11) is -9.21. The Labute approximate surface area is 130 Å². The number of aromatic hydroxyl groups is 3. The molecule has 4 N–H and O–H groups in total. The summed E-state index contributed by atoms with van der Waals surface area (Å²) in [6.45, 7) is 0. The highest BCUT2D eigenvalue weighted by Gasteiger charge is 2.25. The monoisotopic (exact) mass is 362 g/mol. The Morgan fingerprint density at radius 3 is 2.09 bits per heavy atom. The zero-order valence-electron chi connectivity index (χ0n) is 11.1. The Balaban J connectivity index is 2.44. The molecule has 0 fully saturated rings. The van der Waals surface area contributed by atoms with Crippen LogP contribution in [0, 0.1) is 0 Å². The topological polar surface area (TPSA) is 158 Å². The average Bonchev–Trinajstić information content (AvgIpc) is 2.42. The van der Waals surface area contributed by atoms with Gasteiger partial charge in [0, 0.05) is 6.07 Å². The van der Waals surface area contributed by atoms with E-state index in [1.54, 1.807) is 0 Å². The molecule has 0 unspecified atom stereocenters. The minimum Gasteiger partial charge on any atom is -0.504 e. The highest BCUT2D eigenvalue weighted by Crippen LogP contribution is 2.36. The van der Waals surface area contributed by atoms with E-state index in [1.165, 1.54) is 0 Å². The first-order chi connectivity index (χ1) is 10.5. The van der Waals surface area contributed by atoms with Crippen LogP contribution in [0.15, 0.2) is 46.2 Å². The summed E-state index contributed by atoms with van der Waals surface area (Å²) in [5.41, 5.74) is 0. The van der Waals surface area contributed by atoms with Gasteiger partial charge in [0.15, 0.2) is 27.9 Å². The molecular weight excluding hydrogens is 352 g/mol. The van der Waals surface area contributed by atoms with E-state index < -0.39 is 53.0 Å². The minimum atomic E-state index is -4.62. The third-order valence-electron chi connectivity index (χ3n) is 2.67. The summed E-state index contributed by atoms with van der Waals surface area (Å²) in [5, 5.41) is 28.5. The van der Waals surface area contributed by atoms with Gasteiger partial charge in [-0.2, -0.15) is 16.8 Å². The Hall–Kier alpha value is -2.50. The minimum absolute atomic E-state index is 0.586. The van der Waals surface area contributed by atoms with Crippen LogP contribution in [0.4, 0.5) is 0 Å². The number of hydrogen-bond donors (Lipinski definition) is 4. The molecule has 0 atom stereocenters. The largest absolute Gasteiger partial charge is 0.504 e. The number of benzene rings is 2. The number of phenols is 3. The lowest BCUT2D eigenvalue weighted by Gasteiger charge is -2.10. The summed E-state index contributed by atoms with van der Waals surface area (Å²) in [6.07, 6.45) is 0. The van der Waals surface area contributed by atoms with Crippen molar-refractivity contribution in [3.63, 3.8) is 0 Å². The summed E-state index contributed by atoms with van der Waals surface area (Å²) in [4.78, 5) is -1.42. The van der Waals surface area contributed by atoms with Crippen molar-refractivity contribution in [1.82, 2.24) is 0 Å². The second-order valence-electron chi connectivity index (χ2n) is 4.27. The molecule has 124 valence electrons. The summed E-state index contributed by atoms with van der Waals surface area (Å²) in [6, 6.07) is 5.34. The highest BCUT2D eigenvalue weighted by molar-refractivity contribution is 7.87. The second kappa shape index (κ2) is 5.61. The quantitative estimate of drug-likeness (QED) is 0.351. The standard InChI is InChI=1S/C12H10O9S2/c13-8-2-1-3-11(12(8)15)23(19,20)21-10-5-4-7(6-9(10)14)22(16,17)18/h1-6,13-15H,(H,16,17,18). The third kappa shape index (κ3) is 3.47. The molecule has 0 amide bonds. The molecule has 23 heavy (non-hydrogen) atoms. The zero-order chi connectivity index (χ0) is 17.4. The Morgan fingerprint density at radius 1 is 0.870 bits per heavy atom. The van der Waals surface area contributed by atoms with Crippen LogP contribution in [-0.2, 0) is 20.2 Å². The second-order valence-corrected chi connectivity index (χ2v) is 7.20. The van der Waals surface area contributed by atoms with E-state index in [-0.39, 0.29) is 0 Å². The fourth-order valence-electron chi connectivity index (χ4n) is 1.60. The molecule has 2 aromatic rings. The first-order valence-corrected chi connectivity index (χ1v) is 8.63. The van der Waals surface area contributed by atoms with E-state index in [0.29, 0.717) is 6.07 Å². The number of para-hydroxylation sites is 1. The molecule has 0 radical (unpaired) electrons. The van der Waals surface area contributed by atoms with Crippen molar-refractivity contribution in [3.05, 3.63) is 36.4 Å². The molecule has 0 aromatic heterocycles. The van der Waals surface area contributed by atoms with Crippen LogP contribution < -0.4 is 4.18 Å². The van der Waals surface area contributed by atoms with Gasteiger partial charge in [0.25, 0.3) is 10.1 Å². The van der Waals surface area contributed by atoms with Crippen LogP contribution >= 0.6 is 0 Å². The fraction of sp³-hybridized carbons (Fsp3) is 0. The molecule has 2 rings (SSSR count). The van der Waals surface area contributed by atoms with E-state index in [4.69, 9.17) is 4.55 Å². The van der Waals surface area contributed by atoms with Gasteiger partial charge in [-0.3, -0.25) is 4.55 Å². The Kier molecular flexibility index (Phi) is 4.11. The first-order valence-electron chi connectivity index (χ1n) is 5.78. The lowest BCUT2D eigenvalue weighted by molar-refractivity contribution is 0.387. The van der Waals surface area contributed by atoms with Crippen LogP contribution in [0.3, 0.4) is 0 Å². The van der Waals surface area contributed by atoms with Crippen molar-refractivity contribution in [2.75, 3.05) is 0 Å². The number of phenolic OH excluding ortho intramolecular Hbond substituents is 3. The fourth-order valence-corrected chi connectivity index (χ4v) is 3.16. The summed E-state index contributed by atoms with van der Waals surface area (Å²) >= 11 is 0. The predicted octanol–water partition coefficient (Wildman–Crippen LogP) is 0.818. The van der Waals surface area contributed by atoms with Gasteiger partial charge in [-0.25, -0.2) is 0 Å². The van der Waals surface area contributed by atoms with Crippen molar-refractivity contribution in [3.8, 4) is 23.0 Å². The van der Waals surface area contributed by atoms with Crippen LogP contribution in [0.2, 0.25) is 0 Å². The molecule has 0 saturated carbocycles. The molecule has 0 saturated heterocycles. The molecule has 0 aliphatic heterocycles. The van der Waals surface area contributed by atoms with Crippen LogP contribution in [-0.4, -0.2) is 36.7 Å². The molecule has 11 heteroatoms. The lowest BCUT2D eigenvalue weighted by Crippen LogP contribution is -2.10. The molecular formula is C12H10O9S2. The molecule has 0 heterocycles. The highest BCUT2D eigenvalue weighted by atomic mass is 32.2. The molecule has 0 aliphatic carbocycles. The van der Waals surface area contributed by atoms with Gasteiger partial charge in [-0.05, 0) is 24.3 Å². The summed E-state index contributed by atoms with van der Waals surface area (Å²) in [5.74, 6) is -3.15. The average molecular weight is 362 g/mol. The SMILES string of the molecule is O=S(=O)(O)c1ccc(OS(=O)(=O)c2cccc(O)c2O)c(O)c1. The smallest absolute Gasteiger partial charge is 0.343 e. The van der Waals surface area contributed by atoms with Gasteiger partial charge in [0.1, 0.15) is 0 Å². The molecule has 0 spiro atoms. The predicted molar refractivity (Wildman–Crippen MR) is 75.5 cm³/mol. The molecule has 0 bridgehead atoms. The van der Waals surface area contributed by atoms with Gasteiger partial charge in [-0.1, -0.05) is 6.07 Å². The Bertz CT molecular complexity index is 962. The Morgan fingerprint density at radius 2 is 1.52 bits per heavy atom. The normalized spacial score (nSPS) is 12.0. The van der Waals surface area contributed by atoms with Crippen molar-refractivity contribution in [2.24, 2.45) is 0 Å². The van der Waals surface area contributed by atoms with E-state index in [1.807, 2.05) is 0 Å². The summed E-state index contributed by atoms with van der Waals surface area (Å²) < 4.78 is 59.3. The van der Waals surface area contributed by atoms with Gasteiger partial charge in [0.05, 0.1) is 4.90 Å². The van der Waals surface area contributed by atoms with Gasteiger partial charge >= 0.3 is 10.1 Å². The van der Waals surface area contributed by atoms with Crippen molar-refractivity contribution >= 4 is 20.2 Å². The maximum Gasteiger partial charge on any atom is 0.343 e. The van der Waals surface area contributed by atoms with Gasteiger partial charge in [0.2, 0.25) is 0 Å². The molecule has 2 aromatic carbocycles. The van der Waals surface area contributed by atoms with Crippen molar-refractivity contribution in [2.45, 2.75) is 9.79 Å². The maximum atomic E-state index is 12.0.